The lowest BCUT2D eigenvalue weighted by Crippen LogP contribution is -2.03. The second-order valence-electron chi connectivity index (χ2n) is 3.27. The Morgan fingerprint density at radius 1 is 0.833 bits per heavy atom. The molecule has 2 aromatic rings. The van der Waals surface area contributed by atoms with Crippen LogP contribution in [0, 0.1) is 0 Å². The largest absolute Gasteiger partial charge is 0.478 e. The van der Waals surface area contributed by atoms with Gasteiger partial charge in [0.25, 0.3) is 0 Å². The Kier molecular flexibility index (Phi) is 2.92. The molecule has 8 nitrogen and oxygen atoms in total. The van der Waals surface area contributed by atoms with Gasteiger partial charge in [0.15, 0.2) is 0 Å². The van der Waals surface area contributed by atoms with Crippen molar-refractivity contribution in [2.24, 2.45) is 0 Å². The quantitative estimate of drug-likeness (QED) is 0.793. The number of hydrogen-bond acceptors (Lipinski definition) is 6. The highest BCUT2D eigenvalue weighted by molar-refractivity contribution is 5.89. The molecule has 0 spiro atoms. The molecule has 2 aromatic heterocycles. The Bertz CT molecular complexity index is 573. The van der Waals surface area contributed by atoms with Gasteiger partial charge < -0.3 is 10.2 Å². The molecule has 0 saturated heterocycles. The predicted molar refractivity (Wildman–Crippen MR) is 57.0 cm³/mol. The van der Waals surface area contributed by atoms with Gasteiger partial charge in [-0.1, -0.05) is 0 Å². The van der Waals surface area contributed by atoms with Crippen LogP contribution in [0.15, 0.2) is 24.5 Å². The third-order valence-corrected chi connectivity index (χ3v) is 2.07. The van der Waals surface area contributed by atoms with Crippen molar-refractivity contribution in [2.45, 2.75) is 0 Å². The molecule has 0 aliphatic rings. The van der Waals surface area contributed by atoms with Gasteiger partial charge >= 0.3 is 11.9 Å². The lowest BCUT2D eigenvalue weighted by molar-refractivity contribution is 0.0685. The monoisotopic (exact) mass is 246 g/mol. The molecule has 2 N–H and O–H groups in total. The number of nitrogens with zero attached hydrogens (tertiary/aromatic N) is 4. The van der Waals surface area contributed by atoms with E-state index in [9.17, 15) is 9.59 Å². The maximum absolute atomic E-state index is 10.8. The Hall–Kier alpha value is -2.90. The van der Waals surface area contributed by atoms with Crippen molar-refractivity contribution in [1.29, 1.82) is 0 Å². The predicted octanol–water partition coefficient (Wildman–Crippen LogP) is 0.330. The zero-order chi connectivity index (χ0) is 13.1. The van der Waals surface area contributed by atoms with Crippen LogP contribution in [0.25, 0.3) is 11.4 Å². The lowest BCUT2D eigenvalue weighted by atomic mass is 10.2. The minimum Gasteiger partial charge on any atom is -0.478 e. The average Bonchev–Trinajstić information content (AvgIpc) is 2.39. The van der Waals surface area contributed by atoms with Crippen molar-refractivity contribution >= 4 is 11.9 Å². The summed E-state index contributed by atoms with van der Waals surface area (Å²) in [7, 11) is 0. The van der Waals surface area contributed by atoms with Gasteiger partial charge in [0.2, 0.25) is 0 Å². The topological polar surface area (TPSA) is 126 Å². The molecule has 0 amide bonds. The van der Waals surface area contributed by atoms with E-state index in [1.54, 1.807) is 0 Å². The van der Waals surface area contributed by atoms with Crippen molar-refractivity contribution in [3.63, 3.8) is 0 Å². The van der Waals surface area contributed by atoms with Gasteiger partial charge in [-0.25, -0.2) is 9.59 Å². The first-order chi connectivity index (χ1) is 8.58. The number of aromatic carboxylic acids is 2. The Balaban J connectivity index is 2.48. The van der Waals surface area contributed by atoms with Gasteiger partial charge in [-0.15, -0.1) is 10.2 Å². The summed E-state index contributed by atoms with van der Waals surface area (Å²) in [6.45, 7) is 0. The molecule has 0 atom stereocenters. The molecule has 0 fully saturated rings. The maximum Gasteiger partial charge on any atom is 0.337 e. The van der Waals surface area contributed by atoms with Crippen LogP contribution in [0.1, 0.15) is 20.7 Å². The van der Waals surface area contributed by atoms with E-state index in [1.807, 2.05) is 0 Å². The molecule has 8 heteroatoms. The summed E-state index contributed by atoms with van der Waals surface area (Å²) in [6, 6.07) is 2.48. The molecule has 90 valence electrons. The van der Waals surface area contributed by atoms with E-state index in [2.05, 4.69) is 20.4 Å². The smallest absolute Gasteiger partial charge is 0.337 e. The van der Waals surface area contributed by atoms with Gasteiger partial charge in [-0.05, 0) is 12.1 Å². The van der Waals surface area contributed by atoms with Crippen LogP contribution >= 0.6 is 0 Å². The van der Waals surface area contributed by atoms with Gasteiger partial charge in [-0.3, -0.25) is 0 Å². The summed E-state index contributed by atoms with van der Waals surface area (Å²) in [6.07, 6.45) is 2.17. The molecule has 0 unspecified atom stereocenters. The molecule has 0 aromatic carbocycles. The van der Waals surface area contributed by atoms with Gasteiger partial charge in [-0.2, -0.15) is 10.2 Å². The van der Waals surface area contributed by atoms with Crippen molar-refractivity contribution < 1.29 is 19.8 Å². The van der Waals surface area contributed by atoms with E-state index >= 15 is 0 Å². The van der Waals surface area contributed by atoms with Crippen LogP contribution in [0.2, 0.25) is 0 Å². The molecule has 0 radical (unpaired) electrons. The Labute approximate surface area is 99.9 Å². The molecule has 18 heavy (non-hydrogen) atoms. The second-order valence-corrected chi connectivity index (χ2v) is 3.27. The zero-order valence-electron chi connectivity index (χ0n) is 8.81. The molecule has 0 aliphatic heterocycles. The summed E-state index contributed by atoms with van der Waals surface area (Å²) < 4.78 is 0. The molecular formula is C10H6N4O4. The molecule has 0 saturated carbocycles. The number of aromatic nitrogens is 4. The first-order valence-corrected chi connectivity index (χ1v) is 4.70. The van der Waals surface area contributed by atoms with Crippen LogP contribution in [0.4, 0.5) is 0 Å². The second kappa shape index (κ2) is 4.53. The maximum atomic E-state index is 10.8. The number of carbonyl (C=O) groups is 2. The highest BCUT2D eigenvalue weighted by Gasteiger charge is 2.11. The fraction of sp³-hybridized carbons (Fsp3) is 0. The number of carboxylic acid groups (broad SMARTS) is 2. The summed E-state index contributed by atoms with van der Waals surface area (Å²) in [5.41, 5.74) is 0.154. The minimum atomic E-state index is -1.16. The van der Waals surface area contributed by atoms with Crippen LogP contribution in [-0.4, -0.2) is 42.5 Å². The SMILES string of the molecule is O=C(O)c1cnnc(-c2cc(C(=O)O)cnn2)c1. The van der Waals surface area contributed by atoms with Crippen molar-refractivity contribution in [3.05, 3.63) is 35.7 Å². The molecule has 0 aliphatic carbocycles. The Morgan fingerprint density at radius 3 is 1.56 bits per heavy atom. The summed E-state index contributed by atoms with van der Waals surface area (Å²) in [5, 5.41) is 32.0. The summed E-state index contributed by atoms with van der Waals surface area (Å²) in [5.74, 6) is -2.32. The molecular weight excluding hydrogens is 240 g/mol. The third-order valence-electron chi connectivity index (χ3n) is 2.07. The van der Waals surface area contributed by atoms with Crippen molar-refractivity contribution in [1.82, 2.24) is 20.4 Å². The Morgan fingerprint density at radius 2 is 1.22 bits per heavy atom. The summed E-state index contributed by atoms with van der Waals surface area (Å²) >= 11 is 0. The van der Waals surface area contributed by atoms with Gasteiger partial charge in [0.1, 0.15) is 11.4 Å². The third kappa shape index (κ3) is 2.26. The average molecular weight is 246 g/mol. The van der Waals surface area contributed by atoms with E-state index < -0.39 is 11.9 Å². The number of rotatable bonds is 3. The highest BCUT2D eigenvalue weighted by atomic mass is 16.4. The van der Waals surface area contributed by atoms with E-state index in [0.717, 1.165) is 12.4 Å². The van der Waals surface area contributed by atoms with Gasteiger partial charge in [0.05, 0.1) is 23.5 Å². The van der Waals surface area contributed by atoms with E-state index in [4.69, 9.17) is 10.2 Å². The standard InChI is InChI=1S/C10H6N4O4/c15-9(16)5-1-7(13-11-3-5)8-2-6(10(17)18)4-12-14-8/h1-4H,(H,15,16)(H,17,18). The fourth-order valence-electron chi connectivity index (χ4n) is 1.22. The van der Waals surface area contributed by atoms with Crippen LogP contribution in [0.3, 0.4) is 0 Å². The first kappa shape index (κ1) is 11.6. The highest BCUT2D eigenvalue weighted by Crippen LogP contribution is 2.14. The lowest BCUT2D eigenvalue weighted by Gasteiger charge is -2.00. The zero-order valence-corrected chi connectivity index (χ0v) is 8.81. The normalized spacial score (nSPS) is 10.0. The molecule has 2 heterocycles. The first-order valence-electron chi connectivity index (χ1n) is 4.70. The van der Waals surface area contributed by atoms with Crippen LogP contribution < -0.4 is 0 Å². The number of hydrogen-bond donors (Lipinski definition) is 2. The minimum absolute atomic E-state index is 0.0671. The molecule has 2 rings (SSSR count). The van der Waals surface area contributed by atoms with E-state index in [1.165, 1.54) is 12.1 Å². The fourth-order valence-corrected chi connectivity index (χ4v) is 1.22. The summed E-state index contributed by atoms with van der Waals surface area (Å²) in [4.78, 5) is 21.5. The van der Waals surface area contributed by atoms with Gasteiger partial charge in [0, 0.05) is 0 Å². The molecule has 0 bridgehead atoms. The van der Waals surface area contributed by atoms with E-state index in [0.29, 0.717) is 0 Å². The van der Waals surface area contributed by atoms with Crippen LogP contribution in [-0.2, 0) is 0 Å². The van der Waals surface area contributed by atoms with Crippen LogP contribution in [0.5, 0.6) is 0 Å². The van der Waals surface area contributed by atoms with Crippen molar-refractivity contribution in [2.75, 3.05) is 0 Å². The van der Waals surface area contributed by atoms with Crippen molar-refractivity contribution in [3.8, 4) is 11.4 Å². The number of carboxylic acids is 2. The van der Waals surface area contributed by atoms with E-state index in [-0.39, 0.29) is 22.5 Å².